The van der Waals surface area contributed by atoms with E-state index in [1.807, 2.05) is 0 Å². The van der Waals surface area contributed by atoms with Gasteiger partial charge in [0, 0.05) is 18.1 Å². The summed E-state index contributed by atoms with van der Waals surface area (Å²) < 4.78 is 5.21. The summed E-state index contributed by atoms with van der Waals surface area (Å²) in [4.78, 5) is 84.3. The van der Waals surface area contributed by atoms with Gasteiger partial charge in [-0.25, -0.2) is 4.79 Å². The first kappa shape index (κ1) is 38.4. The molecule has 4 atom stereocenters. The van der Waals surface area contributed by atoms with E-state index in [0.29, 0.717) is 23.6 Å². The molecular weight excluding hydrogens is 625 g/mol. The van der Waals surface area contributed by atoms with Gasteiger partial charge in [0.25, 0.3) is 0 Å². The van der Waals surface area contributed by atoms with Gasteiger partial charge in [-0.05, 0) is 40.0 Å². The van der Waals surface area contributed by atoms with Gasteiger partial charge in [-0.1, -0.05) is 10.7 Å². The first-order valence-corrected chi connectivity index (χ1v) is 16.0. The smallest absolute Gasteiger partial charge is 0.407 e. The van der Waals surface area contributed by atoms with Gasteiger partial charge in [-0.2, -0.15) is 25.3 Å². The third-order valence-corrected chi connectivity index (χ3v) is 7.83. The summed E-state index contributed by atoms with van der Waals surface area (Å²) >= 11 is 8.09. The van der Waals surface area contributed by atoms with Gasteiger partial charge < -0.3 is 37.5 Å². The minimum Gasteiger partial charge on any atom is -0.444 e. The molecule has 43 heavy (non-hydrogen) atoms. The van der Waals surface area contributed by atoms with E-state index in [1.165, 1.54) is 12.0 Å². The number of amides is 6. The first-order valence-electron chi connectivity index (χ1n) is 13.4. The van der Waals surface area contributed by atoms with Gasteiger partial charge in [0.05, 0.1) is 37.0 Å². The molecule has 0 spiro atoms. The number of thiol groups is 2. The summed E-state index contributed by atoms with van der Waals surface area (Å²) in [6.45, 7) is 4.58. The van der Waals surface area contributed by atoms with Gasteiger partial charge in [0.1, 0.15) is 17.7 Å². The lowest BCUT2D eigenvalue weighted by Gasteiger charge is -2.31. The van der Waals surface area contributed by atoms with Crippen molar-refractivity contribution in [2.45, 2.75) is 63.8 Å². The second-order valence-corrected chi connectivity index (χ2v) is 13.0. The Hall–Kier alpha value is -2.58. The zero-order chi connectivity index (χ0) is 32.7. The Morgan fingerprint density at radius 2 is 1.53 bits per heavy atom. The molecule has 0 saturated carbocycles. The lowest BCUT2D eigenvalue weighted by molar-refractivity contribution is -0.134. The molecule has 0 aliphatic carbocycles. The SMILES string of the molecule is CONS1=C(NC(=O)CN(CC(=O)NC(CS)C(N)=O)C(CCCCNC(=O)OC(C)(C)C)C(=O)NC(CS)C(N)=O)C1. The summed E-state index contributed by atoms with van der Waals surface area (Å²) in [6.07, 6.45) is 0.323. The normalized spacial score (nSPS) is 16.4. The molecule has 0 aromatic rings. The van der Waals surface area contributed by atoms with Gasteiger partial charge in [-0.3, -0.25) is 33.7 Å². The van der Waals surface area contributed by atoms with Crippen LogP contribution < -0.4 is 37.6 Å². The maximum absolute atomic E-state index is 13.4. The van der Waals surface area contributed by atoms with Crippen LogP contribution in [0.5, 0.6) is 0 Å². The molecule has 4 unspecified atom stereocenters. The highest BCUT2D eigenvalue weighted by molar-refractivity contribution is 8.22. The van der Waals surface area contributed by atoms with Gasteiger partial charge in [0.15, 0.2) is 0 Å². The molecule has 1 aliphatic heterocycles. The second-order valence-electron chi connectivity index (χ2n) is 10.5. The largest absolute Gasteiger partial charge is 0.444 e. The van der Waals surface area contributed by atoms with Crippen LogP contribution >= 0.6 is 35.9 Å². The number of nitrogens with two attached hydrogens (primary N) is 2. The molecule has 246 valence electrons. The van der Waals surface area contributed by atoms with Crippen LogP contribution in [0.2, 0.25) is 0 Å². The zero-order valence-electron chi connectivity index (χ0n) is 24.8. The highest BCUT2D eigenvalue weighted by Crippen LogP contribution is 2.23. The molecule has 1 aliphatic rings. The standard InChI is InChI=1S/C24H44N8O8S3/c1-24(2,3)40-23(38)27-8-6-5-7-16(22(37)29-15(12-42)21(26)36)32(9-17(33)28-14(11-41)20(25)35)10-18(34)30-19-13-43(19)31-39-4/h14-16,31,41-42H,5-13H2,1-4H3,(H2,25,35)(H2,26,36)(H,27,38)(H,28,33)(H,29,37)(H,30,34). The van der Waals surface area contributed by atoms with Crippen LogP contribution in [0.1, 0.15) is 40.0 Å². The number of nitrogens with one attached hydrogen (secondary N) is 5. The van der Waals surface area contributed by atoms with E-state index in [4.69, 9.17) is 21.0 Å². The number of ether oxygens (including phenoxy) is 1. The fourth-order valence-corrected chi connectivity index (χ4v) is 5.18. The van der Waals surface area contributed by atoms with E-state index >= 15 is 0 Å². The molecule has 0 saturated heterocycles. The van der Waals surface area contributed by atoms with E-state index in [2.05, 4.69) is 51.4 Å². The minimum atomic E-state index is -1.11. The summed E-state index contributed by atoms with van der Waals surface area (Å²) in [6, 6.07) is -3.28. The van der Waals surface area contributed by atoms with Gasteiger partial charge >= 0.3 is 6.09 Å². The average Bonchev–Trinajstić information content (AvgIpc) is 3.62. The van der Waals surface area contributed by atoms with Crippen LogP contribution in [0.4, 0.5) is 4.79 Å². The van der Waals surface area contributed by atoms with Crippen molar-refractivity contribution in [3.8, 4) is 0 Å². The fraction of sp³-hybridized carbons (Fsp3) is 0.708. The van der Waals surface area contributed by atoms with E-state index in [-0.39, 0.29) is 31.0 Å². The van der Waals surface area contributed by atoms with E-state index in [9.17, 15) is 28.8 Å². The third-order valence-electron chi connectivity index (χ3n) is 5.66. The van der Waals surface area contributed by atoms with Crippen LogP contribution in [0, 0.1) is 0 Å². The van der Waals surface area contributed by atoms with Crippen LogP contribution in [0.15, 0.2) is 0 Å². The molecule has 1 heterocycles. The van der Waals surface area contributed by atoms with Crippen molar-refractivity contribution in [2.24, 2.45) is 11.5 Å². The lowest BCUT2D eigenvalue weighted by atomic mass is 10.1. The predicted octanol–water partition coefficient (Wildman–Crippen LogP) is -2.25. The lowest BCUT2D eigenvalue weighted by Crippen LogP contribution is -2.57. The van der Waals surface area contributed by atoms with Crippen LogP contribution in [-0.2, 0) is 33.5 Å². The predicted molar refractivity (Wildman–Crippen MR) is 169 cm³/mol. The van der Waals surface area contributed by atoms with E-state index in [1.54, 1.807) is 20.8 Å². The van der Waals surface area contributed by atoms with Gasteiger partial charge in [0.2, 0.25) is 29.5 Å². The fourth-order valence-electron chi connectivity index (χ4n) is 3.59. The van der Waals surface area contributed by atoms with Crippen molar-refractivity contribution in [3.05, 3.63) is 0 Å². The maximum atomic E-state index is 13.4. The van der Waals surface area contributed by atoms with Crippen LogP contribution in [-0.4, -0.2) is 113 Å². The molecule has 9 N–H and O–H groups in total. The van der Waals surface area contributed by atoms with E-state index < -0.39 is 76.6 Å². The molecule has 19 heteroatoms. The molecule has 0 aromatic carbocycles. The highest BCUT2D eigenvalue weighted by Gasteiger charge is 2.33. The number of alkyl carbamates (subject to hydrolysis) is 1. The molecule has 16 nitrogen and oxygen atoms in total. The number of carbonyl (C=O) groups excluding carboxylic acids is 6. The Morgan fingerprint density at radius 1 is 0.953 bits per heavy atom. The maximum Gasteiger partial charge on any atom is 0.407 e. The quantitative estimate of drug-likeness (QED) is 0.0310. The summed E-state index contributed by atoms with van der Waals surface area (Å²) in [5, 5.41) is 10.3. The van der Waals surface area contributed by atoms with E-state index in [0.717, 1.165) is 0 Å². The van der Waals surface area contributed by atoms with Crippen molar-refractivity contribution >= 4 is 76.5 Å². The Kier molecular flexibility index (Phi) is 16.9. The Balaban J connectivity index is 3.14. The highest BCUT2D eigenvalue weighted by atomic mass is 32.2. The Morgan fingerprint density at radius 3 is 2.07 bits per heavy atom. The molecular formula is C24H44N8O8S3. The number of rotatable bonds is 19. The first-order chi connectivity index (χ1) is 20.1. The zero-order valence-corrected chi connectivity index (χ0v) is 27.4. The number of carbonyl (C=O) groups is 6. The number of hydrogen-bond donors (Lipinski definition) is 9. The number of hydrogen-bond acceptors (Lipinski definition) is 12. The topological polar surface area (TPSA) is 236 Å². The summed E-state index contributed by atoms with van der Waals surface area (Å²) in [5.74, 6) is -3.04. The van der Waals surface area contributed by atoms with Crippen LogP contribution in [0.3, 0.4) is 0 Å². The average molecular weight is 669 g/mol. The van der Waals surface area contributed by atoms with Crippen molar-refractivity contribution in [1.82, 2.24) is 31.1 Å². The molecule has 0 radical (unpaired) electrons. The van der Waals surface area contributed by atoms with Crippen molar-refractivity contribution in [2.75, 3.05) is 44.0 Å². The third kappa shape index (κ3) is 15.6. The molecule has 0 aromatic heterocycles. The number of primary amides is 2. The van der Waals surface area contributed by atoms with Crippen molar-refractivity contribution < 1.29 is 38.3 Å². The molecule has 6 amide bonds. The minimum absolute atomic E-state index is 0.0640. The number of unbranched alkanes of at least 4 members (excludes halogenated alkanes) is 1. The van der Waals surface area contributed by atoms with Crippen LogP contribution in [0.25, 0.3) is 0 Å². The summed E-state index contributed by atoms with van der Waals surface area (Å²) in [5.41, 5.74) is 10.0. The van der Waals surface area contributed by atoms with Crippen molar-refractivity contribution in [1.29, 1.82) is 0 Å². The molecule has 1 rings (SSSR count). The van der Waals surface area contributed by atoms with Crippen molar-refractivity contribution in [3.63, 3.8) is 0 Å². The Labute approximate surface area is 264 Å². The summed E-state index contributed by atoms with van der Waals surface area (Å²) in [7, 11) is 1.01. The second kappa shape index (κ2) is 18.9. The van der Waals surface area contributed by atoms with Gasteiger partial charge in [-0.15, -0.1) is 4.89 Å². The number of nitrogens with zero attached hydrogens (tertiary/aromatic N) is 1. The Bertz CT molecular complexity index is 1060. The molecule has 0 bridgehead atoms. The monoisotopic (exact) mass is 668 g/mol. The molecule has 0 fully saturated rings.